The Balaban J connectivity index is 2.66. The number of nitrogens with one attached hydrogen (secondary N) is 1. The van der Waals surface area contributed by atoms with E-state index in [9.17, 15) is 4.79 Å². The molecule has 0 saturated heterocycles. The number of fused-ring (bicyclic) bond motifs is 1. The molecule has 1 N–H and O–H groups in total. The molecule has 0 unspecified atom stereocenters. The average Bonchev–Trinajstić information content (AvgIpc) is 2.18. The van der Waals surface area contributed by atoms with Crippen LogP contribution in [0.1, 0.15) is 6.92 Å². The molecule has 0 fully saturated rings. The maximum absolute atomic E-state index is 11.5. The van der Waals surface area contributed by atoms with Crippen molar-refractivity contribution < 1.29 is 4.74 Å². The lowest BCUT2D eigenvalue weighted by atomic mass is 10.2. The summed E-state index contributed by atoms with van der Waals surface area (Å²) in [6, 6.07) is 9.27. The Morgan fingerprint density at radius 3 is 2.93 bits per heavy atom. The SMILES string of the molecule is CCOc1cc2ccccc2c(=O)[nH]1. The molecule has 72 valence electrons. The first kappa shape index (κ1) is 8.81. The van der Waals surface area contributed by atoms with E-state index in [0.717, 1.165) is 5.39 Å². The van der Waals surface area contributed by atoms with Crippen molar-refractivity contribution in [2.75, 3.05) is 6.61 Å². The van der Waals surface area contributed by atoms with Crippen LogP contribution in [-0.2, 0) is 0 Å². The summed E-state index contributed by atoms with van der Waals surface area (Å²) in [6.45, 7) is 2.43. The van der Waals surface area contributed by atoms with Crippen LogP contribution in [0.5, 0.6) is 5.88 Å². The zero-order chi connectivity index (χ0) is 9.97. The van der Waals surface area contributed by atoms with Gasteiger partial charge in [-0.05, 0) is 18.4 Å². The highest BCUT2D eigenvalue weighted by molar-refractivity contribution is 5.82. The zero-order valence-corrected chi connectivity index (χ0v) is 7.91. The average molecular weight is 189 g/mol. The molecule has 0 spiro atoms. The van der Waals surface area contributed by atoms with E-state index in [4.69, 9.17) is 4.74 Å². The first-order chi connectivity index (χ1) is 6.81. The number of benzene rings is 1. The number of hydrogen-bond donors (Lipinski definition) is 1. The third kappa shape index (κ3) is 1.48. The molecule has 0 bridgehead atoms. The van der Waals surface area contributed by atoms with E-state index in [-0.39, 0.29) is 5.56 Å². The van der Waals surface area contributed by atoms with Crippen molar-refractivity contribution in [3.8, 4) is 5.88 Å². The van der Waals surface area contributed by atoms with Gasteiger partial charge in [0, 0.05) is 11.5 Å². The van der Waals surface area contributed by atoms with E-state index in [0.29, 0.717) is 17.9 Å². The molecule has 0 aliphatic heterocycles. The van der Waals surface area contributed by atoms with Gasteiger partial charge < -0.3 is 4.74 Å². The van der Waals surface area contributed by atoms with Crippen LogP contribution >= 0.6 is 0 Å². The molecule has 0 atom stereocenters. The van der Waals surface area contributed by atoms with Crippen molar-refractivity contribution in [2.45, 2.75) is 6.92 Å². The predicted molar refractivity (Wildman–Crippen MR) is 55.7 cm³/mol. The fraction of sp³-hybridized carbons (Fsp3) is 0.182. The third-order valence-corrected chi connectivity index (χ3v) is 2.03. The van der Waals surface area contributed by atoms with E-state index in [1.54, 1.807) is 6.07 Å². The third-order valence-electron chi connectivity index (χ3n) is 2.03. The molecular formula is C11H11NO2. The number of pyridine rings is 1. The van der Waals surface area contributed by atoms with Gasteiger partial charge in [0.05, 0.1) is 6.61 Å². The highest BCUT2D eigenvalue weighted by Gasteiger charge is 2.00. The largest absolute Gasteiger partial charge is 0.479 e. The summed E-state index contributed by atoms with van der Waals surface area (Å²) in [5, 5.41) is 1.59. The second-order valence-corrected chi connectivity index (χ2v) is 2.98. The van der Waals surface area contributed by atoms with E-state index in [1.807, 2.05) is 31.2 Å². The summed E-state index contributed by atoms with van der Waals surface area (Å²) in [6.07, 6.45) is 0. The molecular weight excluding hydrogens is 178 g/mol. The first-order valence-corrected chi connectivity index (χ1v) is 4.56. The molecule has 3 nitrogen and oxygen atoms in total. The highest BCUT2D eigenvalue weighted by Crippen LogP contribution is 2.13. The fourth-order valence-corrected chi connectivity index (χ4v) is 1.42. The van der Waals surface area contributed by atoms with E-state index >= 15 is 0 Å². The molecule has 0 aliphatic carbocycles. The minimum Gasteiger partial charge on any atom is -0.479 e. The number of rotatable bonds is 2. The number of aromatic nitrogens is 1. The quantitative estimate of drug-likeness (QED) is 0.784. The van der Waals surface area contributed by atoms with Crippen LogP contribution in [0.4, 0.5) is 0 Å². The molecule has 14 heavy (non-hydrogen) atoms. The summed E-state index contributed by atoms with van der Waals surface area (Å²) in [4.78, 5) is 14.2. The van der Waals surface area contributed by atoms with Crippen molar-refractivity contribution in [1.82, 2.24) is 4.98 Å². The number of hydrogen-bond acceptors (Lipinski definition) is 2. The topological polar surface area (TPSA) is 42.1 Å². The van der Waals surface area contributed by atoms with Gasteiger partial charge in [0.2, 0.25) is 0 Å². The van der Waals surface area contributed by atoms with E-state index in [1.165, 1.54) is 0 Å². The summed E-state index contributed by atoms with van der Waals surface area (Å²) >= 11 is 0. The summed E-state index contributed by atoms with van der Waals surface area (Å²) in [5.41, 5.74) is -0.105. The fourth-order valence-electron chi connectivity index (χ4n) is 1.42. The van der Waals surface area contributed by atoms with Gasteiger partial charge in [0.25, 0.3) is 5.56 Å². The second-order valence-electron chi connectivity index (χ2n) is 2.98. The van der Waals surface area contributed by atoms with Crippen LogP contribution in [0.2, 0.25) is 0 Å². The van der Waals surface area contributed by atoms with Gasteiger partial charge in [0.15, 0.2) is 5.88 Å². The molecule has 0 aliphatic rings. The molecule has 0 saturated carbocycles. The van der Waals surface area contributed by atoms with Crippen molar-refractivity contribution in [1.29, 1.82) is 0 Å². The number of ether oxygens (including phenoxy) is 1. The number of aromatic amines is 1. The molecule has 1 aromatic carbocycles. The second kappa shape index (κ2) is 3.54. The Morgan fingerprint density at radius 2 is 2.14 bits per heavy atom. The molecule has 3 heteroatoms. The number of H-pyrrole nitrogens is 1. The van der Waals surface area contributed by atoms with Gasteiger partial charge >= 0.3 is 0 Å². The molecule has 1 aromatic heterocycles. The lowest BCUT2D eigenvalue weighted by molar-refractivity contribution is 0.326. The zero-order valence-electron chi connectivity index (χ0n) is 7.91. The standard InChI is InChI=1S/C11H11NO2/c1-2-14-10-7-8-5-3-4-6-9(8)11(13)12-10/h3-7H,2H2,1H3,(H,12,13). The first-order valence-electron chi connectivity index (χ1n) is 4.56. The van der Waals surface area contributed by atoms with Crippen LogP contribution in [0.3, 0.4) is 0 Å². The van der Waals surface area contributed by atoms with Gasteiger partial charge in [-0.15, -0.1) is 0 Å². The van der Waals surface area contributed by atoms with Gasteiger partial charge in [-0.3, -0.25) is 9.78 Å². The van der Waals surface area contributed by atoms with Crippen molar-refractivity contribution >= 4 is 10.8 Å². The summed E-state index contributed by atoms with van der Waals surface area (Å²) < 4.78 is 5.24. The predicted octanol–water partition coefficient (Wildman–Crippen LogP) is 1.93. The Hall–Kier alpha value is -1.77. The smallest absolute Gasteiger partial charge is 0.258 e. The van der Waals surface area contributed by atoms with Crippen molar-refractivity contribution in [3.63, 3.8) is 0 Å². The highest BCUT2D eigenvalue weighted by atomic mass is 16.5. The Morgan fingerprint density at radius 1 is 1.36 bits per heavy atom. The van der Waals surface area contributed by atoms with E-state index < -0.39 is 0 Å². The van der Waals surface area contributed by atoms with Crippen LogP contribution < -0.4 is 10.3 Å². The maximum Gasteiger partial charge on any atom is 0.258 e. The molecule has 2 aromatic rings. The van der Waals surface area contributed by atoms with Gasteiger partial charge in [-0.1, -0.05) is 18.2 Å². The summed E-state index contributed by atoms with van der Waals surface area (Å²) in [5.74, 6) is 0.524. The van der Waals surface area contributed by atoms with Gasteiger partial charge in [0.1, 0.15) is 0 Å². The Bertz CT molecular complexity index is 502. The Kier molecular flexibility index (Phi) is 2.23. The maximum atomic E-state index is 11.5. The minimum atomic E-state index is -0.105. The molecule has 0 amide bonds. The molecule has 0 radical (unpaired) electrons. The lowest BCUT2D eigenvalue weighted by Crippen LogP contribution is -2.08. The van der Waals surface area contributed by atoms with E-state index in [2.05, 4.69) is 4.98 Å². The lowest BCUT2D eigenvalue weighted by Gasteiger charge is -2.03. The van der Waals surface area contributed by atoms with Crippen LogP contribution in [0.25, 0.3) is 10.8 Å². The van der Waals surface area contributed by atoms with Gasteiger partial charge in [-0.25, -0.2) is 0 Å². The van der Waals surface area contributed by atoms with Crippen LogP contribution in [0, 0.1) is 0 Å². The van der Waals surface area contributed by atoms with Crippen LogP contribution in [0.15, 0.2) is 35.1 Å². The minimum absolute atomic E-state index is 0.105. The Labute approximate surface area is 81.3 Å². The van der Waals surface area contributed by atoms with Crippen molar-refractivity contribution in [2.24, 2.45) is 0 Å². The monoisotopic (exact) mass is 189 g/mol. The van der Waals surface area contributed by atoms with Gasteiger partial charge in [-0.2, -0.15) is 0 Å². The van der Waals surface area contributed by atoms with Crippen molar-refractivity contribution in [3.05, 3.63) is 40.7 Å². The van der Waals surface area contributed by atoms with Crippen LogP contribution in [-0.4, -0.2) is 11.6 Å². The summed E-state index contributed by atoms with van der Waals surface area (Å²) in [7, 11) is 0. The normalized spacial score (nSPS) is 10.4. The molecule has 2 rings (SSSR count). The molecule has 1 heterocycles.